The number of rotatable bonds is 7. The number of nitrogens with zero attached hydrogens (tertiary/aromatic N) is 2. The summed E-state index contributed by atoms with van der Waals surface area (Å²) in [5.41, 5.74) is 0.769. The van der Waals surface area contributed by atoms with Gasteiger partial charge in [-0.1, -0.05) is 18.6 Å². The lowest BCUT2D eigenvalue weighted by Crippen LogP contribution is -2.49. The number of carboxylic acids is 1. The largest absolute Gasteiger partial charge is 0.480 e. The molecule has 1 aliphatic heterocycles. The summed E-state index contributed by atoms with van der Waals surface area (Å²) in [5, 5.41) is 9.25. The van der Waals surface area contributed by atoms with Crippen molar-refractivity contribution in [3.63, 3.8) is 0 Å². The number of piperidine rings is 1. The molecule has 25 heavy (non-hydrogen) atoms. The molecule has 0 aromatic heterocycles. The van der Waals surface area contributed by atoms with Crippen LogP contribution in [0.5, 0.6) is 5.75 Å². The molecule has 1 unspecified atom stereocenters. The minimum Gasteiger partial charge on any atom is -0.480 e. The molecule has 1 fully saturated rings. The summed E-state index contributed by atoms with van der Waals surface area (Å²) < 4.78 is 28.5. The average molecular weight is 356 g/mol. The third-order valence-corrected chi connectivity index (χ3v) is 4.23. The van der Waals surface area contributed by atoms with E-state index in [1.54, 1.807) is 24.1 Å². The molecule has 0 radical (unpaired) electrons. The highest BCUT2D eigenvalue weighted by atomic mass is 19.3. The molecule has 6 nitrogen and oxygen atoms in total. The van der Waals surface area contributed by atoms with Crippen LogP contribution in [0.1, 0.15) is 24.8 Å². The Labute approximate surface area is 145 Å². The third-order valence-electron chi connectivity index (χ3n) is 4.23. The van der Waals surface area contributed by atoms with Gasteiger partial charge in [-0.25, -0.2) is 0 Å². The third kappa shape index (κ3) is 5.67. The van der Waals surface area contributed by atoms with Crippen LogP contribution in [0, 0.1) is 0 Å². The lowest BCUT2D eigenvalue weighted by Gasteiger charge is -2.33. The van der Waals surface area contributed by atoms with Crippen LogP contribution in [0.25, 0.3) is 0 Å². The van der Waals surface area contributed by atoms with Gasteiger partial charge in [0.05, 0.1) is 6.54 Å². The fourth-order valence-electron chi connectivity index (χ4n) is 2.89. The van der Waals surface area contributed by atoms with E-state index in [1.165, 1.54) is 17.0 Å². The summed E-state index contributed by atoms with van der Waals surface area (Å²) in [6.07, 6.45) is 2.29. The van der Waals surface area contributed by atoms with Crippen molar-refractivity contribution in [1.82, 2.24) is 9.80 Å². The van der Waals surface area contributed by atoms with E-state index < -0.39 is 18.6 Å². The highest BCUT2D eigenvalue weighted by molar-refractivity contribution is 5.80. The van der Waals surface area contributed by atoms with Gasteiger partial charge in [-0.05, 0) is 37.1 Å². The van der Waals surface area contributed by atoms with Crippen LogP contribution in [-0.4, -0.2) is 59.6 Å². The Bertz CT molecular complexity index is 595. The molecule has 0 saturated carbocycles. The minimum atomic E-state index is -2.87. The van der Waals surface area contributed by atoms with Gasteiger partial charge in [-0.2, -0.15) is 8.78 Å². The first-order chi connectivity index (χ1) is 11.9. The predicted molar refractivity (Wildman–Crippen MR) is 86.4 cm³/mol. The smallest absolute Gasteiger partial charge is 0.387 e. The molecule has 1 saturated heterocycles. The van der Waals surface area contributed by atoms with E-state index in [9.17, 15) is 23.5 Å². The maximum atomic E-state index is 12.4. The van der Waals surface area contributed by atoms with Crippen molar-refractivity contribution in [2.75, 3.05) is 20.1 Å². The second kappa shape index (κ2) is 8.75. The van der Waals surface area contributed by atoms with Crippen molar-refractivity contribution in [3.05, 3.63) is 29.8 Å². The molecule has 8 heteroatoms. The molecule has 0 bridgehead atoms. The van der Waals surface area contributed by atoms with Crippen molar-refractivity contribution in [2.45, 2.75) is 38.5 Å². The lowest BCUT2D eigenvalue weighted by molar-refractivity contribution is -0.146. The van der Waals surface area contributed by atoms with Crippen molar-refractivity contribution in [2.24, 2.45) is 0 Å². The van der Waals surface area contributed by atoms with Gasteiger partial charge in [0.2, 0.25) is 5.91 Å². The van der Waals surface area contributed by atoms with Crippen LogP contribution in [-0.2, 0) is 16.1 Å². The molecular formula is C17H22F2N2O4. The van der Waals surface area contributed by atoms with Crippen LogP contribution in [0.4, 0.5) is 8.78 Å². The van der Waals surface area contributed by atoms with Gasteiger partial charge in [0.1, 0.15) is 11.8 Å². The van der Waals surface area contributed by atoms with E-state index in [0.29, 0.717) is 19.5 Å². The Hall–Kier alpha value is -2.22. The Morgan fingerprint density at radius 2 is 2.00 bits per heavy atom. The Morgan fingerprint density at radius 3 is 2.60 bits per heavy atom. The summed E-state index contributed by atoms with van der Waals surface area (Å²) in [7, 11) is 1.63. The molecule has 1 atom stereocenters. The van der Waals surface area contributed by atoms with Crippen LogP contribution in [0.3, 0.4) is 0 Å². The van der Waals surface area contributed by atoms with E-state index in [-0.39, 0.29) is 18.2 Å². The molecule has 1 aromatic carbocycles. The Morgan fingerprint density at radius 1 is 1.32 bits per heavy atom. The highest BCUT2D eigenvalue weighted by Crippen LogP contribution is 2.18. The second-order valence-corrected chi connectivity index (χ2v) is 6.09. The second-order valence-electron chi connectivity index (χ2n) is 6.09. The maximum Gasteiger partial charge on any atom is 0.387 e. The first-order valence-electron chi connectivity index (χ1n) is 8.11. The standard InChI is InChI=1S/C17H22F2N2O4/c1-20(10-12-5-7-13(8-6-12)25-17(18)19)15(22)11-21-9-3-2-4-14(21)16(23)24/h5-8,14,17H,2-4,9-11H2,1H3,(H,23,24). The summed E-state index contributed by atoms with van der Waals surface area (Å²) in [5.74, 6) is -1.02. The normalized spacial score (nSPS) is 18.2. The molecular weight excluding hydrogens is 334 g/mol. The van der Waals surface area contributed by atoms with Crippen LogP contribution in [0.2, 0.25) is 0 Å². The number of carboxylic acid groups (broad SMARTS) is 1. The highest BCUT2D eigenvalue weighted by Gasteiger charge is 2.30. The summed E-state index contributed by atoms with van der Waals surface area (Å²) in [6.45, 7) is -1.92. The fourth-order valence-corrected chi connectivity index (χ4v) is 2.89. The van der Waals surface area contributed by atoms with Crippen molar-refractivity contribution in [1.29, 1.82) is 0 Å². The number of hydrogen-bond donors (Lipinski definition) is 1. The fraction of sp³-hybridized carbons (Fsp3) is 0.529. The Kier molecular flexibility index (Phi) is 6.69. The summed E-state index contributed by atoms with van der Waals surface area (Å²) in [4.78, 5) is 26.8. The van der Waals surface area contributed by atoms with Gasteiger partial charge in [0.15, 0.2) is 0 Å². The first kappa shape index (κ1) is 19.1. The van der Waals surface area contributed by atoms with Crippen LogP contribution < -0.4 is 4.74 Å². The summed E-state index contributed by atoms with van der Waals surface area (Å²) in [6, 6.07) is 5.46. The van der Waals surface area contributed by atoms with E-state index in [0.717, 1.165) is 18.4 Å². The zero-order valence-corrected chi connectivity index (χ0v) is 14.0. The molecule has 1 aliphatic rings. The molecule has 2 rings (SSSR count). The Balaban J connectivity index is 1.90. The predicted octanol–water partition coefficient (Wildman–Crippen LogP) is 2.19. The van der Waals surface area contributed by atoms with E-state index >= 15 is 0 Å². The molecule has 1 aromatic rings. The lowest BCUT2D eigenvalue weighted by atomic mass is 10.0. The van der Waals surface area contributed by atoms with Gasteiger partial charge in [-0.15, -0.1) is 0 Å². The number of amides is 1. The number of benzene rings is 1. The number of aliphatic carboxylic acids is 1. The molecule has 1 N–H and O–H groups in total. The maximum absolute atomic E-state index is 12.4. The van der Waals surface area contributed by atoms with Gasteiger partial charge in [-0.3, -0.25) is 14.5 Å². The number of hydrogen-bond acceptors (Lipinski definition) is 4. The van der Waals surface area contributed by atoms with Crippen molar-refractivity contribution < 1.29 is 28.2 Å². The number of carbonyl (C=O) groups excluding carboxylic acids is 1. The monoisotopic (exact) mass is 356 g/mol. The zero-order valence-electron chi connectivity index (χ0n) is 14.0. The summed E-state index contributed by atoms with van der Waals surface area (Å²) >= 11 is 0. The molecule has 1 amide bonds. The zero-order chi connectivity index (χ0) is 18.4. The van der Waals surface area contributed by atoms with E-state index in [2.05, 4.69) is 4.74 Å². The number of likely N-dealkylation sites (N-methyl/N-ethyl adjacent to an activating group) is 1. The van der Waals surface area contributed by atoms with E-state index in [1.807, 2.05) is 0 Å². The van der Waals surface area contributed by atoms with Crippen molar-refractivity contribution in [3.8, 4) is 5.75 Å². The average Bonchev–Trinajstić information content (AvgIpc) is 2.56. The molecule has 0 spiro atoms. The molecule has 0 aliphatic carbocycles. The van der Waals surface area contributed by atoms with Crippen LogP contribution >= 0.6 is 0 Å². The van der Waals surface area contributed by atoms with Crippen LogP contribution in [0.15, 0.2) is 24.3 Å². The number of carbonyl (C=O) groups is 2. The van der Waals surface area contributed by atoms with Gasteiger partial charge in [0, 0.05) is 13.6 Å². The minimum absolute atomic E-state index is 0.0556. The molecule has 138 valence electrons. The SMILES string of the molecule is CN(Cc1ccc(OC(F)F)cc1)C(=O)CN1CCCCC1C(=O)O. The van der Waals surface area contributed by atoms with Gasteiger partial charge < -0.3 is 14.7 Å². The van der Waals surface area contributed by atoms with Gasteiger partial charge >= 0.3 is 12.6 Å². The number of halogens is 2. The number of ether oxygens (including phenoxy) is 1. The first-order valence-corrected chi connectivity index (χ1v) is 8.11. The molecule has 1 heterocycles. The van der Waals surface area contributed by atoms with E-state index in [4.69, 9.17) is 0 Å². The number of likely N-dealkylation sites (tertiary alicyclic amines) is 1. The van der Waals surface area contributed by atoms with Crippen molar-refractivity contribution >= 4 is 11.9 Å². The number of alkyl halides is 2. The quantitative estimate of drug-likeness (QED) is 0.811. The topological polar surface area (TPSA) is 70.1 Å². The van der Waals surface area contributed by atoms with Gasteiger partial charge in [0.25, 0.3) is 0 Å².